The molecule has 2 aliphatic carbocycles. The summed E-state index contributed by atoms with van der Waals surface area (Å²) in [6.45, 7) is 0.466. The van der Waals surface area contributed by atoms with E-state index in [1.807, 2.05) is 18.2 Å². The highest BCUT2D eigenvalue weighted by Crippen LogP contribution is 2.29. The Morgan fingerprint density at radius 2 is 1.57 bits per heavy atom. The van der Waals surface area contributed by atoms with Gasteiger partial charge in [0.1, 0.15) is 12.1 Å². The van der Waals surface area contributed by atoms with Gasteiger partial charge in [-0.15, -0.1) is 0 Å². The lowest BCUT2D eigenvalue weighted by atomic mass is 9.84. The Kier molecular flexibility index (Phi) is 12.2. The van der Waals surface area contributed by atoms with Gasteiger partial charge in [-0.1, -0.05) is 79.6 Å². The van der Waals surface area contributed by atoms with Crippen molar-refractivity contribution in [2.45, 2.75) is 94.9 Å². The molecule has 3 aliphatic rings. The molecular formula is C35H42Cl2N4O6. The van der Waals surface area contributed by atoms with Gasteiger partial charge in [0.25, 0.3) is 5.91 Å². The standard InChI is InChI=1S/C35H42Cl2N4O6/c36-25-10-4-8-22(16-25)18-30(23-9-5-11-26(37)19-23)47-35(46)41-29(17-21-6-2-1-3-7-21)33(44)40-28(20-24-14-15-38-32(24)43)31(42)34(45)39-27-12-13-27/h4-5,8-11,16,19,21,24,27-30H,1-3,6-7,12-15,17-18,20H2,(H,38,43)(H,39,45)(H,40,44)(H,41,46). The molecule has 0 aromatic heterocycles. The van der Waals surface area contributed by atoms with Gasteiger partial charge >= 0.3 is 6.09 Å². The summed E-state index contributed by atoms with van der Waals surface area (Å²) in [5.41, 5.74) is 1.51. The Bertz CT molecular complexity index is 1460. The third-order valence-electron chi connectivity index (χ3n) is 9.13. The molecule has 4 atom stereocenters. The number of amides is 4. The van der Waals surface area contributed by atoms with Crippen molar-refractivity contribution in [1.29, 1.82) is 0 Å². The fraction of sp³-hybridized carbons (Fsp3) is 0.514. The minimum absolute atomic E-state index is 0.00837. The van der Waals surface area contributed by atoms with E-state index in [4.69, 9.17) is 27.9 Å². The second kappa shape index (κ2) is 16.5. The van der Waals surface area contributed by atoms with Gasteiger partial charge in [-0.2, -0.15) is 0 Å². The summed E-state index contributed by atoms with van der Waals surface area (Å²) in [4.78, 5) is 65.9. The van der Waals surface area contributed by atoms with Crippen molar-refractivity contribution in [3.05, 3.63) is 69.7 Å². The van der Waals surface area contributed by atoms with E-state index in [0.717, 1.165) is 50.5 Å². The average Bonchev–Trinajstić information content (AvgIpc) is 3.78. The van der Waals surface area contributed by atoms with Crippen molar-refractivity contribution in [2.75, 3.05) is 6.54 Å². The maximum Gasteiger partial charge on any atom is 0.408 e. The Morgan fingerprint density at radius 1 is 0.851 bits per heavy atom. The van der Waals surface area contributed by atoms with Gasteiger partial charge in [0, 0.05) is 35.0 Å². The summed E-state index contributed by atoms with van der Waals surface area (Å²) < 4.78 is 5.95. The van der Waals surface area contributed by atoms with Crippen molar-refractivity contribution in [2.24, 2.45) is 11.8 Å². The number of carbonyl (C=O) groups is 5. The third kappa shape index (κ3) is 10.4. The Morgan fingerprint density at radius 3 is 2.23 bits per heavy atom. The molecule has 4 N–H and O–H groups in total. The van der Waals surface area contributed by atoms with Gasteiger partial charge in [-0.25, -0.2) is 4.79 Å². The number of Topliss-reactive ketones (excluding diaryl/α,β-unsaturated/α-hetero) is 1. The monoisotopic (exact) mass is 684 g/mol. The van der Waals surface area contributed by atoms with Crippen molar-refractivity contribution < 1.29 is 28.7 Å². The molecular weight excluding hydrogens is 643 g/mol. The fourth-order valence-corrected chi connectivity index (χ4v) is 6.82. The fourth-order valence-electron chi connectivity index (χ4n) is 6.41. The number of hydrogen-bond acceptors (Lipinski definition) is 6. The second-order valence-corrected chi connectivity index (χ2v) is 13.8. The normalized spacial score (nSPS) is 20.0. The zero-order chi connectivity index (χ0) is 33.3. The predicted molar refractivity (Wildman–Crippen MR) is 178 cm³/mol. The molecule has 47 heavy (non-hydrogen) atoms. The van der Waals surface area contributed by atoms with Crippen molar-refractivity contribution in [3.8, 4) is 0 Å². The van der Waals surface area contributed by atoms with Gasteiger partial charge in [0.05, 0.1) is 6.04 Å². The maximum atomic E-state index is 13.9. The molecule has 4 unspecified atom stereocenters. The summed E-state index contributed by atoms with van der Waals surface area (Å²) in [6, 6.07) is 12.0. The Hall–Kier alpha value is -3.63. The summed E-state index contributed by atoms with van der Waals surface area (Å²) in [5, 5.41) is 12.0. The third-order valence-corrected chi connectivity index (χ3v) is 9.60. The van der Waals surface area contributed by atoms with E-state index in [1.54, 1.807) is 30.3 Å². The zero-order valence-electron chi connectivity index (χ0n) is 26.3. The molecule has 12 heteroatoms. The second-order valence-electron chi connectivity index (χ2n) is 12.9. The predicted octanol–water partition coefficient (Wildman–Crippen LogP) is 5.20. The van der Waals surface area contributed by atoms with E-state index in [0.29, 0.717) is 41.4 Å². The van der Waals surface area contributed by atoms with Crippen molar-refractivity contribution in [3.63, 3.8) is 0 Å². The van der Waals surface area contributed by atoms with E-state index in [-0.39, 0.29) is 24.3 Å². The maximum absolute atomic E-state index is 13.9. The molecule has 4 amide bonds. The van der Waals surface area contributed by atoms with E-state index in [2.05, 4.69) is 21.3 Å². The Labute approximate surface area is 285 Å². The number of halogens is 2. The smallest absolute Gasteiger partial charge is 0.408 e. The van der Waals surface area contributed by atoms with Crippen LogP contribution >= 0.6 is 23.2 Å². The van der Waals surface area contributed by atoms with Crippen LogP contribution in [0.15, 0.2) is 48.5 Å². The summed E-state index contributed by atoms with van der Waals surface area (Å²) in [7, 11) is 0. The molecule has 0 spiro atoms. The van der Waals surface area contributed by atoms with Crippen LogP contribution in [0, 0.1) is 11.8 Å². The van der Waals surface area contributed by atoms with Crippen LogP contribution in [0.1, 0.15) is 81.4 Å². The first-order valence-electron chi connectivity index (χ1n) is 16.5. The summed E-state index contributed by atoms with van der Waals surface area (Å²) in [6.07, 6.45) is 6.17. The molecule has 3 fully saturated rings. The molecule has 1 aliphatic heterocycles. The van der Waals surface area contributed by atoms with Crippen molar-refractivity contribution >= 4 is 52.8 Å². The quantitative estimate of drug-likeness (QED) is 0.202. The average molecular weight is 686 g/mol. The topological polar surface area (TPSA) is 143 Å². The first-order chi connectivity index (χ1) is 22.6. The highest BCUT2D eigenvalue weighted by atomic mass is 35.5. The highest BCUT2D eigenvalue weighted by Gasteiger charge is 2.38. The molecule has 1 heterocycles. The number of hydrogen-bond donors (Lipinski definition) is 4. The van der Waals surface area contributed by atoms with Gasteiger partial charge < -0.3 is 26.0 Å². The molecule has 10 nitrogen and oxygen atoms in total. The van der Waals surface area contributed by atoms with Crippen LogP contribution in [0.4, 0.5) is 4.79 Å². The van der Waals surface area contributed by atoms with Gasteiger partial charge in [-0.3, -0.25) is 19.2 Å². The molecule has 2 aromatic carbocycles. The lowest BCUT2D eigenvalue weighted by Crippen LogP contribution is -2.55. The number of ether oxygens (including phenoxy) is 1. The number of rotatable bonds is 14. The van der Waals surface area contributed by atoms with Crippen LogP contribution in [0.5, 0.6) is 0 Å². The lowest BCUT2D eigenvalue weighted by Gasteiger charge is -2.29. The van der Waals surface area contributed by atoms with Gasteiger partial charge in [0.15, 0.2) is 0 Å². The Balaban J connectivity index is 1.33. The molecule has 5 rings (SSSR count). The van der Waals surface area contributed by atoms with Crippen molar-refractivity contribution in [1.82, 2.24) is 21.3 Å². The van der Waals surface area contributed by atoms with Gasteiger partial charge in [-0.05, 0) is 73.4 Å². The first-order valence-corrected chi connectivity index (χ1v) is 17.3. The minimum atomic E-state index is -1.22. The minimum Gasteiger partial charge on any atom is -0.441 e. The zero-order valence-corrected chi connectivity index (χ0v) is 27.8. The van der Waals surface area contributed by atoms with Crippen LogP contribution in [0.2, 0.25) is 10.0 Å². The number of alkyl carbamates (subject to hydrolysis) is 1. The van der Waals surface area contributed by atoms with Crippen LogP contribution in [-0.4, -0.2) is 54.3 Å². The van der Waals surface area contributed by atoms with Crippen LogP contribution in [0.3, 0.4) is 0 Å². The molecule has 2 saturated carbocycles. The van der Waals surface area contributed by atoms with E-state index < -0.39 is 47.8 Å². The van der Waals surface area contributed by atoms with Crippen LogP contribution in [-0.2, 0) is 30.3 Å². The van der Waals surface area contributed by atoms with Crippen LogP contribution in [0.25, 0.3) is 0 Å². The highest BCUT2D eigenvalue weighted by molar-refractivity contribution is 6.38. The molecule has 0 bridgehead atoms. The van der Waals surface area contributed by atoms with E-state index in [1.165, 1.54) is 0 Å². The summed E-state index contributed by atoms with van der Waals surface area (Å²) >= 11 is 12.5. The summed E-state index contributed by atoms with van der Waals surface area (Å²) in [5.74, 6) is -2.73. The van der Waals surface area contributed by atoms with Crippen LogP contribution < -0.4 is 21.3 Å². The number of benzene rings is 2. The van der Waals surface area contributed by atoms with E-state index in [9.17, 15) is 24.0 Å². The largest absolute Gasteiger partial charge is 0.441 e. The lowest BCUT2D eigenvalue weighted by molar-refractivity contribution is -0.141. The number of nitrogens with one attached hydrogen (secondary N) is 4. The molecule has 0 radical (unpaired) electrons. The molecule has 1 saturated heterocycles. The first kappa shape index (κ1) is 34.7. The number of carbonyl (C=O) groups excluding carboxylic acids is 5. The molecule has 252 valence electrons. The van der Waals surface area contributed by atoms with E-state index >= 15 is 0 Å². The SMILES string of the molecule is O=C(NC(CC1CCCCC1)C(=O)NC(CC1CCNC1=O)C(=O)C(=O)NC1CC1)OC(Cc1cccc(Cl)c1)c1cccc(Cl)c1. The molecule has 2 aromatic rings. The van der Waals surface area contributed by atoms with Gasteiger partial charge in [0.2, 0.25) is 17.6 Å². The number of ketones is 1.